The van der Waals surface area contributed by atoms with E-state index >= 15 is 0 Å². The van der Waals surface area contributed by atoms with E-state index in [0.29, 0.717) is 18.7 Å². The van der Waals surface area contributed by atoms with Gasteiger partial charge in [0.25, 0.3) is 0 Å². The lowest BCUT2D eigenvalue weighted by atomic mass is 10.3. The Morgan fingerprint density at radius 3 is 2.81 bits per heavy atom. The van der Waals surface area contributed by atoms with Crippen LogP contribution in [0.4, 0.5) is 5.69 Å². The second kappa shape index (κ2) is 4.35. The summed E-state index contributed by atoms with van der Waals surface area (Å²) in [4.78, 5) is 0. The first kappa shape index (κ1) is 11.9. The molecule has 0 bridgehead atoms. The number of sulfonamides is 1. The molecule has 0 spiro atoms. The van der Waals surface area contributed by atoms with Crippen LogP contribution < -0.4 is 10.0 Å². The van der Waals surface area contributed by atoms with Gasteiger partial charge in [-0.2, -0.15) is 0 Å². The van der Waals surface area contributed by atoms with Gasteiger partial charge in [0.2, 0.25) is 10.0 Å². The van der Waals surface area contributed by atoms with E-state index in [9.17, 15) is 8.42 Å². The lowest BCUT2D eigenvalue weighted by Crippen LogP contribution is -2.33. The fraction of sp³-hybridized carbons (Fsp3) is 0.400. The van der Waals surface area contributed by atoms with Crippen LogP contribution in [-0.2, 0) is 10.0 Å². The summed E-state index contributed by atoms with van der Waals surface area (Å²) in [6, 6.07) is 7.29. The summed E-state index contributed by atoms with van der Waals surface area (Å²) < 4.78 is 26.4. The molecule has 2 N–H and O–H groups in total. The molecule has 0 aromatic heterocycles. The Morgan fingerprint density at radius 1 is 1.50 bits per heavy atom. The van der Waals surface area contributed by atoms with Gasteiger partial charge in [0.1, 0.15) is 0 Å². The molecule has 1 aliphatic heterocycles. The van der Waals surface area contributed by atoms with Crippen molar-refractivity contribution in [1.82, 2.24) is 0 Å². The predicted molar refractivity (Wildman–Crippen MR) is 67.9 cm³/mol. The SMILES string of the molecule is NC[C@@H]1CCN(c2cccc(Br)c2)S1(=O)=O. The number of nitrogens with two attached hydrogens (primary N) is 1. The van der Waals surface area contributed by atoms with Crippen LogP contribution in [0.2, 0.25) is 0 Å². The van der Waals surface area contributed by atoms with E-state index in [1.165, 1.54) is 4.31 Å². The van der Waals surface area contributed by atoms with Crippen molar-refractivity contribution in [3.05, 3.63) is 28.7 Å². The average molecular weight is 305 g/mol. The van der Waals surface area contributed by atoms with Crippen LogP contribution in [0.25, 0.3) is 0 Å². The third-order valence-electron chi connectivity index (χ3n) is 2.74. The predicted octanol–water partition coefficient (Wildman–Crippen LogP) is 1.32. The quantitative estimate of drug-likeness (QED) is 0.896. The third-order valence-corrected chi connectivity index (χ3v) is 5.51. The molecule has 1 saturated heterocycles. The Balaban J connectivity index is 2.37. The topological polar surface area (TPSA) is 63.4 Å². The molecule has 0 radical (unpaired) electrons. The number of rotatable bonds is 2. The molecular formula is C10H13BrN2O2S. The van der Waals surface area contributed by atoms with Gasteiger partial charge in [0, 0.05) is 17.6 Å². The van der Waals surface area contributed by atoms with Crippen LogP contribution in [0.3, 0.4) is 0 Å². The van der Waals surface area contributed by atoms with Gasteiger partial charge in [0.05, 0.1) is 10.9 Å². The molecule has 0 saturated carbocycles. The highest BCUT2D eigenvalue weighted by atomic mass is 79.9. The minimum Gasteiger partial charge on any atom is -0.329 e. The summed E-state index contributed by atoms with van der Waals surface area (Å²) >= 11 is 3.33. The molecule has 0 aliphatic carbocycles. The lowest BCUT2D eigenvalue weighted by molar-refractivity contribution is 0.588. The average Bonchev–Trinajstić information content (AvgIpc) is 2.53. The van der Waals surface area contributed by atoms with Crippen LogP contribution in [0.1, 0.15) is 6.42 Å². The van der Waals surface area contributed by atoms with Gasteiger partial charge in [0.15, 0.2) is 0 Å². The molecule has 0 amide bonds. The maximum atomic E-state index is 12.1. The van der Waals surface area contributed by atoms with E-state index in [0.717, 1.165) is 4.47 Å². The van der Waals surface area contributed by atoms with Gasteiger partial charge in [-0.15, -0.1) is 0 Å². The van der Waals surface area contributed by atoms with Gasteiger partial charge in [-0.3, -0.25) is 4.31 Å². The third kappa shape index (κ3) is 1.97. The van der Waals surface area contributed by atoms with Crippen LogP contribution >= 0.6 is 15.9 Å². The molecule has 1 aliphatic rings. The van der Waals surface area contributed by atoms with E-state index in [1.54, 1.807) is 12.1 Å². The zero-order valence-corrected chi connectivity index (χ0v) is 11.0. The van der Waals surface area contributed by atoms with Crippen molar-refractivity contribution in [1.29, 1.82) is 0 Å². The van der Waals surface area contributed by atoms with Crippen molar-refractivity contribution in [2.75, 3.05) is 17.4 Å². The molecule has 16 heavy (non-hydrogen) atoms. The highest BCUT2D eigenvalue weighted by Gasteiger charge is 2.37. The smallest absolute Gasteiger partial charge is 0.239 e. The summed E-state index contributed by atoms with van der Waals surface area (Å²) in [6.07, 6.45) is 0.603. The molecule has 2 rings (SSSR count). The van der Waals surface area contributed by atoms with E-state index in [1.807, 2.05) is 12.1 Å². The Hall–Kier alpha value is -0.590. The van der Waals surface area contributed by atoms with Crippen molar-refractivity contribution >= 4 is 31.6 Å². The first-order valence-corrected chi connectivity index (χ1v) is 7.32. The van der Waals surface area contributed by atoms with Crippen molar-refractivity contribution in [2.45, 2.75) is 11.7 Å². The molecule has 1 aromatic carbocycles. The summed E-state index contributed by atoms with van der Waals surface area (Å²) in [5, 5.41) is -0.438. The molecule has 1 fully saturated rings. The van der Waals surface area contributed by atoms with E-state index in [2.05, 4.69) is 15.9 Å². The maximum Gasteiger partial charge on any atom is 0.239 e. The largest absolute Gasteiger partial charge is 0.329 e. The molecule has 1 aromatic rings. The highest BCUT2D eigenvalue weighted by Crippen LogP contribution is 2.29. The van der Waals surface area contributed by atoms with Gasteiger partial charge < -0.3 is 5.73 Å². The van der Waals surface area contributed by atoms with Crippen LogP contribution in [0.15, 0.2) is 28.7 Å². The first-order valence-electron chi connectivity index (χ1n) is 5.03. The zero-order valence-electron chi connectivity index (χ0n) is 8.64. The van der Waals surface area contributed by atoms with Gasteiger partial charge in [-0.05, 0) is 24.6 Å². The normalized spacial score (nSPS) is 23.6. The number of hydrogen-bond acceptors (Lipinski definition) is 3. The fourth-order valence-electron chi connectivity index (χ4n) is 1.86. The Labute approximate surface area is 104 Å². The van der Waals surface area contributed by atoms with Gasteiger partial charge in [-0.1, -0.05) is 22.0 Å². The van der Waals surface area contributed by atoms with E-state index in [-0.39, 0.29) is 6.54 Å². The molecular weight excluding hydrogens is 292 g/mol. The van der Waals surface area contributed by atoms with Gasteiger partial charge in [-0.25, -0.2) is 8.42 Å². The summed E-state index contributed by atoms with van der Waals surface area (Å²) in [7, 11) is -3.26. The van der Waals surface area contributed by atoms with E-state index < -0.39 is 15.3 Å². The summed E-state index contributed by atoms with van der Waals surface area (Å²) in [5.41, 5.74) is 6.16. The lowest BCUT2D eigenvalue weighted by Gasteiger charge is -2.18. The summed E-state index contributed by atoms with van der Waals surface area (Å²) in [5.74, 6) is 0. The molecule has 0 unspecified atom stereocenters. The van der Waals surface area contributed by atoms with Crippen LogP contribution in [-0.4, -0.2) is 26.8 Å². The number of halogens is 1. The maximum absolute atomic E-state index is 12.1. The molecule has 88 valence electrons. The fourth-order valence-corrected chi connectivity index (χ4v) is 4.02. The summed E-state index contributed by atoms with van der Waals surface area (Å²) in [6.45, 7) is 0.702. The van der Waals surface area contributed by atoms with Crippen molar-refractivity contribution in [2.24, 2.45) is 5.73 Å². The molecule has 1 heterocycles. The monoisotopic (exact) mass is 304 g/mol. The Morgan fingerprint density at radius 2 is 2.25 bits per heavy atom. The van der Waals surface area contributed by atoms with Crippen molar-refractivity contribution < 1.29 is 8.42 Å². The zero-order chi connectivity index (χ0) is 11.8. The molecule has 4 nitrogen and oxygen atoms in total. The number of hydrogen-bond donors (Lipinski definition) is 1. The van der Waals surface area contributed by atoms with Crippen LogP contribution in [0.5, 0.6) is 0 Å². The standard InChI is InChI=1S/C10H13BrN2O2S/c11-8-2-1-3-9(6-8)13-5-4-10(7-12)16(13,14)15/h1-3,6,10H,4-5,7,12H2/t10-/m0/s1. The number of benzene rings is 1. The van der Waals surface area contributed by atoms with Crippen molar-refractivity contribution in [3.8, 4) is 0 Å². The van der Waals surface area contributed by atoms with E-state index in [4.69, 9.17) is 5.73 Å². The molecule has 1 atom stereocenters. The first-order chi connectivity index (χ1) is 7.55. The molecule has 6 heteroatoms. The Bertz CT molecular complexity index is 489. The Kier molecular flexibility index (Phi) is 3.23. The second-order valence-corrected chi connectivity index (χ2v) is 6.80. The van der Waals surface area contributed by atoms with Gasteiger partial charge >= 0.3 is 0 Å². The van der Waals surface area contributed by atoms with Crippen LogP contribution in [0, 0.1) is 0 Å². The number of nitrogens with zero attached hydrogens (tertiary/aromatic N) is 1. The van der Waals surface area contributed by atoms with Crippen molar-refractivity contribution in [3.63, 3.8) is 0 Å². The second-order valence-electron chi connectivity index (χ2n) is 3.74. The number of anilines is 1. The minimum atomic E-state index is -3.26. The highest BCUT2D eigenvalue weighted by molar-refractivity contribution is 9.10. The minimum absolute atomic E-state index is 0.187.